The van der Waals surface area contributed by atoms with Gasteiger partial charge >= 0.3 is 0 Å². The number of aromatic nitrogens is 2. The van der Waals surface area contributed by atoms with Crippen LogP contribution in [0.15, 0.2) is 89.7 Å². The van der Waals surface area contributed by atoms with Crippen LogP contribution in [0.1, 0.15) is 44.2 Å². The molecule has 0 fully saturated rings. The largest absolute Gasteiger partial charge is 0.350 e. The third-order valence-electron chi connectivity index (χ3n) is 6.54. The summed E-state index contributed by atoms with van der Waals surface area (Å²) >= 11 is 0. The molecule has 34 heavy (non-hydrogen) atoms. The van der Waals surface area contributed by atoms with Gasteiger partial charge in [0.15, 0.2) is 0 Å². The molecule has 172 valence electrons. The molecule has 1 amide bonds. The predicted molar refractivity (Wildman–Crippen MR) is 138 cm³/mol. The zero-order chi connectivity index (χ0) is 23.5. The van der Waals surface area contributed by atoms with Gasteiger partial charge in [-0.25, -0.2) is 0 Å². The van der Waals surface area contributed by atoms with Crippen LogP contribution in [-0.4, -0.2) is 14.9 Å². The lowest BCUT2D eigenvalue weighted by atomic mass is 10.1. The van der Waals surface area contributed by atoms with Crippen LogP contribution in [0.5, 0.6) is 0 Å². The second-order valence-electron chi connectivity index (χ2n) is 8.80. The lowest BCUT2D eigenvalue weighted by Gasteiger charge is -2.22. The third-order valence-corrected chi connectivity index (χ3v) is 6.54. The van der Waals surface area contributed by atoms with E-state index >= 15 is 0 Å². The first-order valence-corrected chi connectivity index (χ1v) is 12.0. The molecule has 5 rings (SSSR count). The fourth-order valence-electron chi connectivity index (χ4n) is 4.84. The van der Waals surface area contributed by atoms with Crippen molar-refractivity contribution < 1.29 is 4.79 Å². The number of nitrogens with one attached hydrogen (secondary N) is 1. The van der Waals surface area contributed by atoms with E-state index in [-0.39, 0.29) is 11.5 Å². The molecule has 5 nitrogen and oxygen atoms in total. The van der Waals surface area contributed by atoms with Gasteiger partial charge in [0.1, 0.15) is 11.6 Å². The molecule has 0 saturated heterocycles. The molecule has 2 aromatic heterocycles. The summed E-state index contributed by atoms with van der Waals surface area (Å²) in [5, 5.41) is 4.10. The second-order valence-corrected chi connectivity index (χ2v) is 8.80. The molecule has 5 heteroatoms. The molecule has 0 spiro atoms. The number of carbonyl (C=O) groups is 1. The molecule has 5 aromatic rings. The fourth-order valence-corrected chi connectivity index (χ4v) is 4.84. The Morgan fingerprint density at radius 2 is 1.50 bits per heavy atom. The zero-order valence-corrected chi connectivity index (χ0v) is 19.4. The van der Waals surface area contributed by atoms with Crippen molar-refractivity contribution in [1.29, 1.82) is 0 Å². The van der Waals surface area contributed by atoms with Crippen LogP contribution in [0.4, 0.5) is 0 Å². The summed E-state index contributed by atoms with van der Waals surface area (Å²) in [5.74, 6) is -0.118. The smallest absolute Gasteiger partial charge is 0.276 e. The minimum atomic E-state index is -0.573. The lowest BCUT2D eigenvalue weighted by molar-refractivity contribution is -0.124. The van der Waals surface area contributed by atoms with Crippen molar-refractivity contribution in [2.75, 3.05) is 0 Å². The average molecular weight is 452 g/mol. The van der Waals surface area contributed by atoms with Crippen molar-refractivity contribution in [3.05, 3.63) is 101 Å². The molecular formula is C29H29N3O2. The first-order chi connectivity index (χ1) is 16.7. The monoisotopic (exact) mass is 451 g/mol. The molecule has 1 N–H and O–H groups in total. The summed E-state index contributed by atoms with van der Waals surface area (Å²) in [6.45, 7) is 2.58. The van der Waals surface area contributed by atoms with Crippen molar-refractivity contribution in [1.82, 2.24) is 14.3 Å². The van der Waals surface area contributed by atoms with E-state index in [0.717, 1.165) is 46.8 Å². The Morgan fingerprint density at radius 3 is 2.26 bits per heavy atom. The van der Waals surface area contributed by atoms with E-state index in [1.165, 1.54) is 0 Å². The van der Waals surface area contributed by atoms with Crippen LogP contribution >= 0.6 is 0 Å². The number of unbranched alkanes of at least 4 members (excludes halogenated alkanes) is 2. The molecular weight excluding hydrogens is 422 g/mol. The number of hydrogen-bond donors (Lipinski definition) is 1. The number of amides is 1. The third kappa shape index (κ3) is 3.98. The molecule has 0 bridgehead atoms. The number of para-hydroxylation sites is 3. The Kier molecular flexibility index (Phi) is 6.17. The molecule has 0 aliphatic rings. The Morgan fingerprint density at radius 1 is 0.824 bits per heavy atom. The molecule has 2 heterocycles. The van der Waals surface area contributed by atoms with Crippen LogP contribution in [-0.2, 0) is 11.3 Å². The van der Waals surface area contributed by atoms with E-state index in [4.69, 9.17) is 0 Å². The highest BCUT2D eigenvalue weighted by Crippen LogP contribution is 2.27. The van der Waals surface area contributed by atoms with Crippen molar-refractivity contribution in [2.45, 2.75) is 45.2 Å². The summed E-state index contributed by atoms with van der Waals surface area (Å²) in [5.41, 5.74) is 4.19. The first kappa shape index (κ1) is 22.0. The highest BCUT2D eigenvalue weighted by atomic mass is 16.2. The van der Waals surface area contributed by atoms with Crippen molar-refractivity contribution in [3.8, 4) is 0 Å². The fraction of sp³-hybridized carbons (Fsp3) is 0.241. The first-order valence-electron chi connectivity index (χ1n) is 12.0. The molecule has 0 aliphatic carbocycles. The van der Waals surface area contributed by atoms with E-state index in [1.807, 2.05) is 89.3 Å². The zero-order valence-electron chi connectivity index (χ0n) is 19.4. The second kappa shape index (κ2) is 9.56. The summed E-state index contributed by atoms with van der Waals surface area (Å²) in [4.78, 5) is 27.5. The van der Waals surface area contributed by atoms with Crippen molar-refractivity contribution >= 4 is 33.4 Å². The maximum atomic E-state index is 13.9. The van der Waals surface area contributed by atoms with Crippen LogP contribution in [0, 0.1) is 0 Å². The molecule has 1 atom stereocenters. The van der Waals surface area contributed by atoms with Crippen LogP contribution in [0.3, 0.4) is 0 Å². The number of nitrogens with zero attached hydrogens (tertiary/aromatic N) is 2. The number of fused-ring (bicyclic) bond motifs is 5. The van der Waals surface area contributed by atoms with Gasteiger partial charge in [0.25, 0.3) is 5.56 Å². The van der Waals surface area contributed by atoms with Gasteiger partial charge in [-0.2, -0.15) is 0 Å². The van der Waals surface area contributed by atoms with Crippen LogP contribution < -0.4 is 10.9 Å². The standard InChI is InChI=1S/C29H29N3O2/c1-2-3-5-18-26(28(33)30-20-21-12-6-4-7-13-21)32-25-17-11-10-16-24(25)31-23-15-9-8-14-22(23)19-27(31)29(32)34/h4,6-17,19,26H,2-3,5,18,20H2,1H3,(H,30,33). The topological polar surface area (TPSA) is 55.5 Å². The molecule has 3 aromatic carbocycles. The minimum absolute atomic E-state index is 0.118. The van der Waals surface area contributed by atoms with Crippen LogP contribution in [0.2, 0.25) is 0 Å². The van der Waals surface area contributed by atoms with Gasteiger partial charge in [-0.1, -0.05) is 86.8 Å². The summed E-state index contributed by atoms with van der Waals surface area (Å²) < 4.78 is 3.74. The minimum Gasteiger partial charge on any atom is -0.350 e. The Labute approximate surface area is 198 Å². The Balaban J connectivity index is 1.65. The van der Waals surface area contributed by atoms with E-state index in [2.05, 4.69) is 12.2 Å². The summed E-state index contributed by atoms with van der Waals surface area (Å²) in [6.07, 6.45) is 3.58. The molecule has 0 aliphatic heterocycles. The lowest BCUT2D eigenvalue weighted by Crippen LogP contribution is -2.38. The highest BCUT2D eigenvalue weighted by Gasteiger charge is 2.25. The molecule has 0 radical (unpaired) electrons. The predicted octanol–water partition coefficient (Wildman–Crippen LogP) is 5.85. The van der Waals surface area contributed by atoms with E-state index < -0.39 is 6.04 Å². The van der Waals surface area contributed by atoms with E-state index in [0.29, 0.717) is 18.5 Å². The number of benzene rings is 3. The van der Waals surface area contributed by atoms with Crippen molar-refractivity contribution in [2.24, 2.45) is 0 Å². The Bertz CT molecular complexity index is 1520. The number of rotatable bonds is 8. The van der Waals surface area contributed by atoms with Gasteiger partial charge in [-0.15, -0.1) is 0 Å². The van der Waals surface area contributed by atoms with Gasteiger partial charge in [-0.05, 0) is 36.2 Å². The van der Waals surface area contributed by atoms with Gasteiger partial charge < -0.3 is 9.72 Å². The van der Waals surface area contributed by atoms with Crippen LogP contribution in [0.25, 0.3) is 27.5 Å². The van der Waals surface area contributed by atoms with E-state index in [9.17, 15) is 9.59 Å². The average Bonchev–Trinajstić information content (AvgIpc) is 3.27. The van der Waals surface area contributed by atoms with Gasteiger partial charge in [-0.3, -0.25) is 14.2 Å². The van der Waals surface area contributed by atoms with Gasteiger partial charge in [0.2, 0.25) is 5.91 Å². The normalized spacial score (nSPS) is 12.4. The molecule has 0 saturated carbocycles. The summed E-state index contributed by atoms with van der Waals surface area (Å²) in [7, 11) is 0. The number of carbonyl (C=O) groups excluding carboxylic acids is 1. The van der Waals surface area contributed by atoms with Crippen molar-refractivity contribution in [3.63, 3.8) is 0 Å². The highest BCUT2D eigenvalue weighted by molar-refractivity contribution is 5.94. The SMILES string of the molecule is CCCCCC(C(=O)NCc1ccccc1)n1c(=O)c2cc3ccccc3n2c2ccccc21. The maximum Gasteiger partial charge on any atom is 0.276 e. The molecule has 1 unspecified atom stereocenters. The van der Waals surface area contributed by atoms with E-state index in [1.54, 1.807) is 4.57 Å². The van der Waals surface area contributed by atoms with Gasteiger partial charge in [0, 0.05) is 11.9 Å². The van der Waals surface area contributed by atoms with Gasteiger partial charge in [0.05, 0.1) is 16.6 Å². The number of hydrogen-bond acceptors (Lipinski definition) is 2. The quantitative estimate of drug-likeness (QED) is 0.301. The maximum absolute atomic E-state index is 13.9. The summed E-state index contributed by atoms with van der Waals surface area (Å²) in [6, 6.07) is 27.1. The Hall–Kier alpha value is -3.86.